The number of nitro groups is 1. The van der Waals surface area contributed by atoms with Gasteiger partial charge in [0.1, 0.15) is 0 Å². The maximum Gasteiger partial charge on any atom is 0.269 e. The first kappa shape index (κ1) is 26.8. The van der Waals surface area contributed by atoms with E-state index < -0.39 is 14.9 Å². The standard InChI is InChI=1S/C25H33N5O6S/c1-19-8-11-29(12-9-19)24-7-2-20(27-37(34,35)22-5-3-21(4-6-22)30(32)33)18-23(24)25(31)26-10-13-28-14-16-36-17-15-28/h2-7,18-19,27H,8-17H2,1H3,(H,26,31). The highest BCUT2D eigenvalue weighted by atomic mass is 32.2. The summed E-state index contributed by atoms with van der Waals surface area (Å²) in [5.41, 5.74) is 1.22. The number of nitrogens with one attached hydrogen (secondary N) is 2. The molecular formula is C25H33N5O6S. The molecule has 2 aromatic rings. The second-order valence-corrected chi connectivity index (χ2v) is 11.2. The van der Waals surface area contributed by atoms with E-state index in [0.717, 1.165) is 56.8 Å². The molecule has 0 saturated carbocycles. The molecule has 4 rings (SSSR count). The fourth-order valence-corrected chi connectivity index (χ4v) is 5.56. The summed E-state index contributed by atoms with van der Waals surface area (Å²) >= 11 is 0. The van der Waals surface area contributed by atoms with Gasteiger partial charge in [0.25, 0.3) is 21.6 Å². The van der Waals surface area contributed by atoms with E-state index in [-0.39, 0.29) is 22.2 Å². The van der Waals surface area contributed by atoms with Crippen LogP contribution < -0.4 is 14.9 Å². The molecule has 0 unspecified atom stereocenters. The van der Waals surface area contributed by atoms with Crippen molar-refractivity contribution >= 4 is 33.0 Å². The second kappa shape index (κ2) is 11.9. The van der Waals surface area contributed by atoms with E-state index in [0.29, 0.717) is 37.8 Å². The fraction of sp³-hybridized carbons (Fsp3) is 0.480. The molecule has 37 heavy (non-hydrogen) atoms. The van der Waals surface area contributed by atoms with Crippen molar-refractivity contribution in [3.05, 3.63) is 58.1 Å². The molecule has 2 fully saturated rings. The van der Waals surface area contributed by atoms with Crippen LogP contribution in [0.2, 0.25) is 0 Å². The van der Waals surface area contributed by atoms with Gasteiger partial charge in [-0.1, -0.05) is 6.92 Å². The lowest BCUT2D eigenvalue weighted by atomic mass is 9.98. The van der Waals surface area contributed by atoms with Crippen LogP contribution in [0.15, 0.2) is 47.4 Å². The number of nitrogens with zero attached hydrogens (tertiary/aromatic N) is 3. The van der Waals surface area contributed by atoms with Crippen molar-refractivity contribution in [1.82, 2.24) is 10.2 Å². The van der Waals surface area contributed by atoms with Crippen molar-refractivity contribution in [1.29, 1.82) is 0 Å². The molecule has 0 spiro atoms. The van der Waals surface area contributed by atoms with Crippen molar-refractivity contribution < 1.29 is 22.9 Å². The molecule has 11 nitrogen and oxygen atoms in total. The van der Waals surface area contributed by atoms with E-state index in [4.69, 9.17) is 4.74 Å². The third-order valence-corrected chi connectivity index (χ3v) is 8.19. The average Bonchev–Trinajstić information content (AvgIpc) is 2.89. The van der Waals surface area contributed by atoms with Crippen molar-refractivity contribution in [3.8, 4) is 0 Å². The summed E-state index contributed by atoms with van der Waals surface area (Å²) < 4.78 is 33.7. The Kier molecular flexibility index (Phi) is 8.62. The summed E-state index contributed by atoms with van der Waals surface area (Å²) in [6, 6.07) is 9.62. The highest BCUT2D eigenvalue weighted by Gasteiger charge is 2.23. The van der Waals surface area contributed by atoms with Gasteiger partial charge in [-0.05, 0) is 49.1 Å². The number of sulfonamides is 1. The number of carbonyl (C=O) groups is 1. The van der Waals surface area contributed by atoms with Crippen LogP contribution in [0.4, 0.5) is 17.1 Å². The van der Waals surface area contributed by atoms with Gasteiger partial charge in [0.2, 0.25) is 0 Å². The number of anilines is 2. The van der Waals surface area contributed by atoms with Gasteiger partial charge in [-0.3, -0.25) is 24.5 Å². The van der Waals surface area contributed by atoms with E-state index in [1.54, 1.807) is 18.2 Å². The maximum atomic E-state index is 13.3. The molecule has 0 atom stereocenters. The Morgan fingerprint density at radius 2 is 1.76 bits per heavy atom. The number of hydrogen-bond donors (Lipinski definition) is 2. The largest absolute Gasteiger partial charge is 0.379 e. The van der Waals surface area contributed by atoms with Gasteiger partial charge in [0, 0.05) is 62.8 Å². The van der Waals surface area contributed by atoms with Gasteiger partial charge in [0.15, 0.2) is 0 Å². The van der Waals surface area contributed by atoms with Crippen LogP contribution in [0.5, 0.6) is 0 Å². The molecule has 0 aliphatic carbocycles. The molecule has 2 aliphatic heterocycles. The monoisotopic (exact) mass is 531 g/mol. The Hall–Kier alpha value is -3.22. The normalized spacial score (nSPS) is 17.4. The fourth-order valence-electron chi connectivity index (χ4n) is 4.52. The minimum atomic E-state index is -4.01. The molecular weight excluding hydrogens is 498 g/mol. The molecule has 0 aromatic heterocycles. The van der Waals surface area contributed by atoms with Crippen molar-refractivity contribution in [3.63, 3.8) is 0 Å². The number of piperidine rings is 1. The number of ether oxygens (including phenoxy) is 1. The lowest BCUT2D eigenvalue weighted by molar-refractivity contribution is -0.384. The summed E-state index contributed by atoms with van der Waals surface area (Å²) in [5.74, 6) is 0.355. The van der Waals surface area contributed by atoms with Crippen LogP contribution >= 0.6 is 0 Å². The first-order valence-corrected chi connectivity index (χ1v) is 14.0. The number of carbonyl (C=O) groups excluding carboxylic acids is 1. The van der Waals surface area contributed by atoms with Gasteiger partial charge in [-0.15, -0.1) is 0 Å². The first-order valence-electron chi connectivity index (χ1n) is 12.5. The van der Waals surface area contributed by atoms with E-state index in [2.05, 4.69) is 26.8 Å². The average molecular weight is 532 g/mol. The highest BCUT2D eigenvalue weighted by Crippen LogP contribution is 2.30. The molecule has 2 aromatic carbocycles. The van der Waals surface area contributed by atoms with Gasteiger partial charge in [-0.2, -0.15) is 0 Å². The molecule has 2 aliphatic rings. The summed E-state index contributed by atoms with van der Waals surface area (Å²) in [7, 11) is -4.01. The summed E-state index contributed by atoms with van der Waals surface area (Å²) in [6.45, 7) is 8.05. The molecule has 12 heteroatoms. The second-order valence-electron chi connectivity index (χ2n) is 9.47. The smallest absolute Gasteiger partial charge is 0.269 e. The van der Waals surface area contributed by atoms with Gasteiger partial charge in [-0.25, -0.2) is 8.42 Å². The Balaban J connectivity index is 1.53. The van der Waals surface area contributed by atoms with Crippen LogP contribution in [0.1, 0.15) is 30.1 Å². The first-order chi connectivity index (χ1) is 17.7. The Bertz CT molecular complexity index is 1210. The summed E-state index contributed by atoms with van der Waals surface area (Å²) in [4.78, 5) is 27.9. The zero-order chi connectivity index (χ0) is 26.4. The van der Waals surface area contributed by atoms with Crippen LogP contribution in [0.3, 0.4) is 0 Å². The highest BCUT2D eigenvalue weighted by molar-refractivity contribution is 7.92. The molecule has 0 bridgehead atoms. The number of morpholine rings is 1. The minimum absolute atomic E-state index is 0.108. The SMILES string of the molecule is CC1CCN(c2ccc(NS(=O)(=O)c3ccc([N+](=O)[O-])cc3)cc2C(=O)NCCN2CCOCC2)CC1. The zero-order valence-electron chi connectivity index (χ0n) is 20.9. The molecule has 2 heterocycles. The number of amides is 1. The van der Waals surface area contributed by atoms with Crippen molar-refractivity contribution in [2.75, 3.05) is 62.1 Å². The Morgan fingerprint density at radius 3 is 2.41 bits per heavy atom. The van der Waals surface area contributed by atoms with Crippen LogP contribution in [-0.4, -0.2) is 76.6 Å². The quantitative estimate of drug-likeness (QED) is 0.373. The molecule has 2 N–H and O–H groups in total. The maximum absolute atomic E-state index is 13.3. The number of benzene rings is 2. The Labute approximate surface area is 217 Å². The van der Waals surface area contributed by atoms with Gasteiger partial charge >= 0.3 is 0 Å². The predicted octanol–water partition coefficient (Wildman–Crippen LogP) is 2.69. The topological polar surface area (TPSA) is 134 Å². The molecule has 0 radical (unpaired) electrons. The van der Waals surface area contributed by atoms with Crippen molar-refractivity contribution in [2.45, 2.75) is 24.7 Å². The van der Waals surface area contributed by atoms with Crippen LogP contribution in [0, 0.1) is 16.0 Å². The minimum Gasteiger partial charge on any atom is -0.379 e. The molecule has 2 saturated heterocycles. The zero-order valence-corrected chi connectivity index (χ0v) is 21.7. The lowest BCUT2D eigenvalue weighted by Crippen LogP contribution is -2.41. The summed E-state index contributed by atoms with van der Waals surface area (Å²) in [5, 5.41) is 13.9. The summed E-state index contributed by atoms with van der Waals surface area (Å²) in [6.07, 6.45) is 2.04. The van der Waals surface area contributed by atoms with Crippen molar-refractivity contribution in [2.24, 2.45) is 5.92 Å². The van der Waals surface area contributed by atoms with E-state index >= 15 is 0 Å². The van der Waals surface area contributed by atoms with Crippen LogP contribution in [-0.2, 0) is 14.8 Å². The number of non-ortho nitro benzene ring substituents is 1. The van der Waals surface area contributed by atoms with E-state index in [9.17, 15) is 23.3 Å². The molecule has 1 amide bonds. The van der Waals surface area contributed by atoms with Crippen LogP contribution in [0.25, 0.3) is 0 Å². The van der Waals surface area contributed by atoms with E-state index in [1.165, 1.54) is 12.1 Å². The number of rotatable bonds is 9. The third-order valence-electron chi connectivity index (χ3n) is 6.79. The number of hydrogen-bond acceptors (Lipinski definition) is 8. The van der Waals surface area contributed by atoms with Gasteiger partial charge in [0.05, 0.1) is 28.6 Å². The lowest BCUT2D eigenvalue weighted by Gasteiger charge is -2.33. The third kappa shape index (κ3) is 6.96. The molecule has 200 valence electrons. The van der Waals surface area contributed by atoms with E-state index in [1.807, 2.05) is 0 Å². The Morgan fingerprint density at radius 1 is 1.08 bits per heavy atom. The predicted molar refractivity (Wildman–Crippen MR) is 141 cm³/mol. The van der Waals surface area contributed by atoms with Gasteiger partial charge < -0.3 is 15.0 Å². The number of nitro benzene ring substituents is 1.